The van der Waals surface area contributed by atoms with Crippen LogP contribution in [0.3, 0.4) is 0 Å². The number of aliphatic carboxylic acids is 1. The number of nitrogens with zero attached hydrogens (tertiary/aromatic N) is 1. The summed E-state index contributed by atoms with van der Waals surface area (Å²) >= 11 is 0. The van der Waals surface area contributed by atoms with E-state index in [1.807, 2.05) is 20.8 Å². The first-order chi connectivity index (χ1) is 13.8. The van der Waals surface area contributed by atoms with Crippen molar-refractivity contribution in [3.63, 3.8) is 0 Å². The van der Waals surface area contributed by atoms with Gasteiger partial charge in [0.25, 0.3) is 0 Å². The number of ether oxygens (including phenoxy) is 1. The molecule has 0 bridgehead atoms. The van der Waals surface area contributed by atoms with E-state index >= 15 is 0 Å². The maximum Gasteiger partial charge on any atom is 0.246 e. The van der Waals surface area contributed by atoms with E-state index in [4.69, 9.17) is 9.15 Å². The molecule has 0 N–H and O–H groups in total. The van der Waals surface area contributed by atoms with E-state index in [2.05, 4.69) is 0 Å². The molecule has 0 radical (unpaired) electrons. The molecule has 1 heterocycles. The molecule has 0 fully saturated rings. The maximum atomic E-state index is 12.4. The lowest BCUT2D eigenvalue weighted by atomic mass is 10.0. The summed E-state index contributed by atoms with van der Waals surface area (Å²) in [4.78, 5) is 36.5. The molecule has 0 aliphatic rings. The first kappa shape index (κ1) is 22.2. The number of hydrogen-bond acceptors (Lipinski definition) is 6. The van der Waals surface area contributed by atoms with Gasteiger partial charge in [0, 0.05) is 37.4 Å². The standard InChI is InChI=1S/C22H27NO6/c1-5-23(6-2)20(25)12-14(3)16-9-10-18(28-11-7-8-21(26)27)22-17(16)13-19(29-22)15(4)24/h9-10,12-13H,5-8,11H2,1-4H3,(H,26,27)/p-1/b14-12+. The molecule has 0 saturated heterocycles. The molecule has 2 rings (SSSR count). The molecule has 7 heteroatoms. The summed E-state index contributed by atoms with van der Waals surface area (Å²) in [7, 11) is 0. The van der Waals surface area contributed by atoms with Crippen molar-refractivity contribution < 1.29 is 28.6 Å². The number of rotatable bonds is 10. The number of carbonyl (C=O) groups excluding carboxylic acids is 3. The Morgan fingerprint density at radius 2 is 1.86 bits per heavy atom. The fourth-order valence-electron chi connectivity index (χ4n) is 3.02. The third-order valence-electron chi connectivity index (χ3n) is 4.62. The Balaban J connectivity index is 2.41. The van der Waals surface area contributed by atoms with Gasteiger partial charge in [0.2, 0.25) is 5.91 Å². The SMILES string of the molecule is CCN(CC)C(=O)/C=C(\C)c1ccc(OCCCC(=O)[O-])c2oc(C(C)=O)cc12. The van der Waals surface area contributed by atoms with Crippen molar-refractivity contribution in [3.05, 3.63) is 35.6 Å². The quantitative estimate of drug-likeness (QED) is 0.345. The van der Waals surface area contributed by atoms with Crippen LogP contribution in [0.2, 0.25) is 0 Å². The van der Waals surface area contributed by atoms with Crippen molar-refractivity contribution in [1.29, 1.82) is 0 Å². The van der Waals surface area contributed by atoms with Crippen molar-refractivity contribution in [2.75, 3.05) is 19.7 Å². The van der Waals surface area contributed by atoms with Gasteiger partial charge in [-0.25, -0.2) is 0 Å². The molecule has 156 valence electrons. The summed E-state index contributed by atoms with van der Waals surface area (Å²) in [5.41, 5.74) is 1.90. The normalized spacial score (nSPS) is 11.5. The number of furan rings is 1. The zero-order valence-corrected chi connectivity index (χ0v) is 17.2. The van der Waals surface area contributed by atoms with Gasteiger partial charge in [-0.1, -0.05) is 6.07 Å². The number of allylic oxidation sites excluding steroid dienone is 1. The van der Waals surface area contributed by atoms with Crippen LogP contribution in [0.25, 0.3) is 16.5 Å². The molecule has 0 atom stereocenters. The minimum Gasteiger partial charge on any atom is -0.550 e. The average molecular weight is 400 g/mol. The monoisotopic (exact) mass is 400 g/mol. The van der Waals surface area contributed by atoms with Crippen LogP contribution in [0, 0.1) is 0 Å². The van der Waals surface area contributed by atoms with Crippen LogP contribution in [0.4, 0.5) is 0 Å². The molecule has 2 aromatic rings. The van der Waals surface area contributed by atoms with E-state index in [-0.39, 0.29) is 30.5 Å². The molecule has 1 amide bonds. The smallest absolute Gasteiger partial charge is 0.246 e. The van der Waals surface area contributed by atoms with E-state index in [1.54, 1.807) is 29.2 Å². The van der Waals surface area contributed by atoms with Gasteiger partial charge in [0.15, 0.2) is 22.9 Å². The molecule has 7 nitrogen and oxygen atoms in total. The number of hydrogen-bond donors (Lipinski definition) is 0. The van der Waals surface area contributed by atoms with Gasteiger partial charge >= 0.3 is 0 Å². The summed E-state index contributed by atoms with van der Waals surface area (Å²) in [5.74, 6) is -0.841. The number of carboxylic acids is 1. The average Bonchev–Trinajstić information content (AvgIpc) is 3.11. The van der Waals surface area contributed by atoms with E-state index in [1.165, 1.54) is 6.92 Å². The number of carbonyl (C=O) groups is 3. The van der Waals surface area contributed by atoms with Crippen molar-refractivity contribution in [2.24, 2.45) is 0 Å². The Bertz CT molecular complexity index is 936. The Hall–Kier alpha value is -3.09. The van der Waals surface area contributed by atoms with Crippen molar-refractivity contribution >= 4 is 34.2 Å². The summed E-state index contributed by atoms with van der Waals surface area (Å²) in [5, 5.41) is 11.2. The molecular formula is C22H26NO6-. The predicted molar refractivity (Wildman–Crippen MR) is 108 cm³/mol. The number of likely N-dealkylation sites (N-methyl/N-ethyl adjacent to an activating group) is 1. The fraction of sp³-hybridized carbons (Fsp3) is 0.409. The summed E-state index contributed by atoms with van der Waals surface area (Å²) < 4.78 is 11.4. The lowest BCUT2D eigenvalue weighted by Crippen LogP contribution is -2.28. The Morgan fingerprint density at radius 3 is 2.45 bits per heavy atom. The van der Waals surface area contributed by atoms with Gasteiger partial charge < -0.3 is 24.0 Å². The van der Waals surface area contributed by atoms with E-state index < -0.39 is 5.97 Å². The molecule has 1 aromatic heterocycles. The van der Waals surface area contributed by atoms with Gasteiger partial charge in [0.05, 0.1) is 6.61 Å². The second kappa shape index (κ2) is 9.91. The lowest BCUT2D eigenvalue weighted by molar-refractivity contribution is -0.305. The topological polar surface area (TPSA) is 99.9 Å². The number of ketones is 1. The maximum absolute atomic E-state index is 12.4. The third kappa shape index (κ3) is 5.47. The highest BCUT2D eigenvalue weighted by Gasteiger charge is 2.17. The predicted octanol–water partition coefficient (Wildman–Crippen LogP) is 2.82. The largest absolute Gasteiger partial charge is 0.550 e. The lowest BCUT2D eigenvalue weighted by Gasteiger charge is -2.17. The Kier molecular flexibility index (Phi) is 7.59. The third-order valence-corrected chi connectivity index (χ3v) is 4.62. The van der Waals surface area contributed by atoms with Gasteiger partial charge in [-0.3, -0.25) is 9.59 Å². The summed E-state index contributed by atoms with van der Waals surface area (Å²) in [6.45, 7) is 8.49. The van der Waals surface area contributed by atoms with Crippen LogP contribution in [-0.4, -0.2) is 42.3 Å². The first-order valence-electron chi connectivity index (χ1n) is 9.66. The van der Waals surface area contributed by atoms with Crippen LogP contribution in [0.5, 0.6) is 5.75 Å². The second-order valence-electron chi connectivity index (χ2n) is 6.68. The highest BCUT2D eigenvalue weighted by Crippen LogP contribution is 2.35. The van der Waals surface area contributed by atoms with Crippen LogP contribution in [0.1, 0.15) is 56.7 Å². The van der Waals surface area contributed by atoms with E-state index in [0.29, 0.717) is 36.2 Å². The van der Waals surface area contributed by atoms with Gasteiger partial charge in [-0.15, -0.1) is 0 Å². The van der Waals surface area contributed by atoms with Gasteiger partial charge in [-0.05, 0) is 56.9 Å². The molecule has 0 unspecified atom stereocenters. The minimum atomic E-state index is -1.13. The number of fused-ring (bicyclic) bond motifs is 1. The fourth-order valence-corrected chi connectivity index (χ4v) is 3.02. The van der Waals surface area contributed by atoms with Crippen LogP contribution in [0.15, 0.2) is 28.7 Å². The number of amides is 1. The molecule has 0 aliphatic heterocycles. The minimum absolute atomic E-state index is 0.0847. The van der Waals surface area contributed by atoms with E-state index in [0.717, 1.165) is 11.1 Å². The molecule has 29 heavy (non-hydrogen) atoms. The molecule has 0 spiro atoms. The van der Waals surface area contributed by atoms with E-state index in [9.17, 15) is 19.5 Å². The zero-order chi connectivity index (χ0) is 21.6. The number of carboxylic acid groups (broad SMARTS) is 1. The number of Topliss-reactive ketones (excluding diaryl/α,β-unsaturated/α-hetero) is 1. The molecule has 0 aliphatic carbocycles. The van der Waals surface area contributed by atoms with Gasteiger partial charge in [-0.2, -0.15) is 0 Å². The summed E-state index contributed by atoms with van der Waals surface area (Å²) in [6.07, 6.45) is 1.76. The molecule has 0 saturated carbocycles. The Labute approximate surface area is 169 Å². The molecular weight excluding hydrogens is 374 g/mol. The van der Waals surface area contributed by atoms with Crippen LogP contribution in [-0.2, 0) is 9.59 Å². The second-order valence-corrected chi connectivity index (χ2v) is 6.68. The number of benzene rings is 1. The van der Waals surface area contributed by atoms with Crippen molar-refractivity contribution in [3.8, 4) is 5.75 Å². The summed E-state index contributed by atoms with van der Waals surface area (Å²) in [6, 6.07) is 5.14. The first-order valence-corrected chi connectivity index (χ1v) is 9.66. The van der Waals surface area contributed by atoms with Gasteiger partial charge in [0.1, 0.15) is 0 Å². The zero-order valence-electron chi connectivity index (χ0n) is 17.2. The van der Waals surface area contributed by atoms with Crippen LogP contribution >= 0.6 is 0 Å². The highest BCUT2D eigenvalue weighted by molar-refractivity contribution is 6.03. The van der Waals surface area contributed by atoms with Crippen LogP contribution < -0.4 is 9.84 Å². The highest BCUT2D eigenvalue weighted by atomic mass is 16.5. The molecule has 1 aromatic carbocycles. The van der Waals surface area contributed by atoms with Crippen molar-refractivity contribution in [2.45, 2.75) is 40.5 Å². The van der Waals surface area contributed by atoms with Crippen molar-refractivity contribution in [1.82, 2.24) is 4.90 Å². The Morgan fingerprint density at radius 1 is 1.17 bits per heavy atom.